The lowest BCUT2D eigenvalue weighted by molar-refractivity contribution is 0.498. The SMILES string of the molecule is CC(Cc1ccco1)Nc1cccc(Cn2ccnc2)c1. The van der Waals surface area contributed by atoms with Gasteiger partial charge in [0.1, 0.15) is 5.76 Å². The highest BCUT2D eigenvalue weighted by Gasteiger charge is 2.06. The first kappa shape index (κ1) is 13.5. The van der Waals surface area contributed by atoms with Crippen LogP contribution in [-0.2, 0) is 13.0 Å². The van der Waals surface area contributed by atoms with E-state index in [-0.39, 0.29) is 0 Å². The molecule has 1 aromatic carbocycles. The van der Waals surface area contributed by atoms with E-state index in [2.05, 4.69) is 46.1 Å². The van der Waals surface area contributed by atoms with Crippen LogP contribution in [0.1, 0.15) is 18.2 Å². The van der Waals surface area contributed by atoms with Gasteiger partial charge in [-0.2, -0.15) is 0 Å². The molecule has 0 amide bonds. The van der Waals surface area contributed by atoms with E-state index in [0.29, 0.717) is 6.04 Å². The summed E-state index contributed by atoms with van der Waals surface area (Å²) in [7, 11) is 0. The summed E-state index contributed by atoms with van der Waals surface area (Å²) < 4.78 is 7.45. The van der Waals surface area contributed by atoms with Gasteiger partial charge < -0.3 is 14.3 Å². The van der Waals surface area contributed by atoms with E-state index in [4.69, 9.17) is 4.42 Å². The van der Waals surface area contributed by atoms with Crippen LogP contribution in [0.3, 0.4) is 0 Å². The van der Waals surface area contributed by atoms with Crippen molar-refractivity contribution in [1.29, 1.82) is 0 Å². The first-order valence-corrected chi connectivity index (χ1v) is 7.13. The molecule has 3 aromatic rings. The second-order valence-electron chi connectivity index (χ2n) is 5.26. The predicted octanol–water partition coefficient (Wildman–Crippen LogP) is 3.57. The van der Waals surface area contributed by atoms with Crippen LogP contribution in [0.25, 0.3) is 0 Å². The lowest BCUT2D eigenvalue weighted by atomic mass is 10.1. The van der Waals surface area contributed by atoms with E-state index in [9.17, 15) is 0 Å². The molecule has 3 rings (SSSR count). The number of furan rings is 1. The topological polar surface area (TPSA) is 43.0 Å². The zero-order valence-corrected chi connectivity index (χ0v) is 12.1. The molecule has 4 heteroatoms. The third kappa shape index (κ3) is 3.75. The van der Waals surface area contributed by atoms with Crippen LogP contribution >= 0.6 is 0 Å². The van der Waals surface area contributed by atoms with Gasteiger partial charge in [-0.25, -0.2) is 4.98 Å². The second kappa shape index (κ2) is 6.31. The largest absolute Gasteiger partial charge is 0.469 e. The minimum atomic E-state index is 0.319. The Morgan fingerprint density at radius 2 is 2.24 bits per heavy atom. The zero-order chi connectivity index (χ0) is 14.5. The fourth-order valence-electron chi connectivity index (χ4n) is 2.42. The van der Waals surface area contributed by atoms with Gasteiger partial charge >= 0.3 is 0 Å². The number of aromatic nitrogens is 2. The Bertz CT molecular complexity index is 659. The Morgan fingerprint density at radius 1 is 1.29 bits per heavy atom. The lowest BCUT2D eigenvalue weighted by Gasteiger charge is -2.15. The van der Waals surface area contributed by atoms with Gasteiger partial charge in [0.25, 0.3) is 0 Å². The van der Waals surface area contributed by atoms with E-state index in [1.807, 2.05) is 24.7 Å². The van der Waals surface area contributed by atoms with Crippen molar-refractivity contribution < 1.29 is 4.42 Å². The van der Waals surface area contributed by atoms with E-state index in [1.54, 1.807) is 12.5 Å². The van der Waals surface area contributed by atoms with Crippen LogP contribution in [-0.4, -0.2) is 15.6 Å². The fourth-order valence-corrected chi connectivity index (χ4v) is 2.42. The molecule has 0 aliphatic heterocycles. The van der Waals surface area contributed by atoms with Crippen LogP contribution in [0.2, 0.25) is 0 Å². The lowest BCUT2D eigenvalue weighted by Crippen LogP contribution is -2.17. The Balaban J connectivity index is 1.62. The molecule has 0 radical (unpaired) electrons. The maximum atomic E-state index is 5.39. The molecule has 0 fully saturated rings. The van der Waals surface area contributed by atoms with Crippen molar-refractivity contribution in [3.63, 3.8) is 0 Å². The van der Waals surface area contributed by atoms with Gasteiger partial charge in [-0.05, 0) is 36.8 Å². The molecule has 0 aliphatic rings. The molecule has 2 heterocycles. The van der Waals surface area contributed by atoms with Crippen molar-refractivity contribution >= 4 is 5.69 Å². The summed E-state index contributed by atoms with van der Waals surface area (Å²) in [4.78, 5) is 4.07. The number of hydrogen-bond acceptors (Lipinski definition) is 3. The highest BCUT2D eigenvalue weighted by Crippen LogP contribution is 2.15. The molecular weight excluding hydrogens is 262 g/mol. The van der Waals surface area contributed by atoms with Crippen molar-refractivity contribution in [2.45, 2.75) is 25.9 Å². The van der Waals surface area contributed by atoms with E-state index in [0.717, 1.165) is 24.4 Å². The summed E-state index contributed by atoms with van der Waals surface area (Å²) in [5.74, 6) is 1.00. The third-order valence-corrected chi connectivity index (χ3v) is 3.35. The summed E-state index contributed by atoms with van der Waals surface area (Å²) in [6, 6.07) is 12.7. The van der Waals surface area contributed by atoms with Gasteiger partial charge in [0, 0.05) is 37.1 Å². The monoisotopic (exact) mass is 281 g/mol. The summed E-state index contributed by atoms with van der Waals surface area (Å²) in [6.07, 6.45) is 8.19. The quantitative estimate of drug-likeness (QED) is 0.751. The van der Waals surface area contributed by atoms with Crippen LogP contribution in [0.4, 0.5) is 5.69 Å². The molecule has 108 valence electrons. The molecule has 1 unspecified atom stereocenters. The average molecular weight is 281 g/mol. The van der Waals surface area contributed by atoms with Gasteiger partial charge in [0.15, 0.2) is 0 Å². The van der Waals surface area contributed by atoms with Crippen molar-refractivity contribution in [2.75, 3.05) is 5.32 Å². The molecule has 0 bridgehead atoms. The second-order valence-corrected chi connectivity index (χ2v) is 5.26. The minimum absolute atomic E-state index is 0.319. The van der Waals surface area contributed by atoms with E-state index in [1.165, 1.54) is 5.56 Å². The minimum Gasteiger partial charge on any atom is -0.469 e. The molecule has 0 spiro atoms. The van der Waals surface area contributed by atoms with Crippen LogP contribution in [0.15, 0.2) is 65.8 Å². The molecular formula is C17H19N3O. The fraction of sp³-hybridized carbons (Fsp3) is 0.235. The van der Waals surface area contributed by atoms with E-state index >= 15 is 0 Å². The van der Waals surface area contributed by atoms with Crippen molar-refractivity contribution in [3.05, 3.63) is 72.7 Å². The number of benzene rings is 1. The number of imidazole rings is 1. The van der Waals surface area contributed by atoms with Gasteiger partial charge in [-0.15, -0.1) is 0 Å². The molecule has 21 heavy (non-hydrogen) atoms. The summed E-state index contributed by atoms with van der Waals surface area (Å²) >= 11 is 0. The van der Waals surface area contributed by atoms with Gasteiger partial charge in [-0.1, -0.05) is 12.1 Å². The number of hydrogen-bond donors (Lipinski definition) is 1. The van der Waals surface area contributed by atoms with Crippen molar-refractivity contribution in [2.24, 2.45) is 0 Å². The molecule has 1 atom stereocenters. The Hall–Kier alpha value is -2.49. The standard InChI is InChI=1S/C17H19N3O/c1-14(10-17-6-3-9-21-17)19-16-5-2-4-15(11-16)12-20-8-7-18-13-20/h2-9,11,13-14,19H,10,12H2,1H3. The van der Waals surface area contributed by atoms with Crippen molar-refractivity contribution in [3.8, 4) is 0 Å². The molecule has 1 N–H and O–H groups in total. The highest BCUT2D eigenvalue weighted by molar-refractivity contribution is 5.46. The molecule has 0 saturated carbocycles. The highest BCUT2D eigenvalue weighted by atomic mass is 16.3. The number of nitrogens with one attached hydrogen (secondary N) is 1. The molecule has 2 aromatic heterocycles. The third-order valence-electron chi connectivity index (χ3n) is 3.35. The number of anilines is 1. The maximum absolute atomic E-state index is 5.39. The normalized spacial score (nSPS) is 12.2. The van der Waals surface area contributed by atoms with Crippen LogP contribution in [0, 0.1) is 0 Å². The Morgan fingerprint density at radius 3 is 3.00 bits per heavy atom. The number of rotatable bonds is 6. The average Bonchev–Trinajstić information content (AvgIpc) is 3.12. The smallest absolute Gasteiger partial charge is 0.105 e. The van der Waals surface area contributed by atoms with E-state index < -0.39 is 0 Å². The maximum Gasteiger partial charge on any atom is 0.105 e. The predicted molar refractivity (Wildman–Crippen MR) is 83.3 cm³/mol. The molecule has 0 aliphatic carbocycles. The summed E-state index contributed by atoms with van der Waals surface area (Å²) in [6.45, 7) is 2.99. The van der Waals surface area contributed by atoms with Crippen LogP contribution in [0.5, 0.6) is 0 Å². The van der Waals surface area contributed by atoms with Crippen LogP contribution < -0.4 is 5.32 Å². The number of nitrogens with zero attached hydrogens (tertiary/aromatic N) is 2. The van der Waals surface area contributed by atoms with Gasteiger partial charge in [-0.3, -0.25) is 0 Å². The summed E-state index contributed by atoms with van der Waals surface area (Å²) in [5.41, 5.74) is 2.38. The zero-order valence-electron chi connectivity index (χ0n) is 12.1. The summed E-state index contributed by atoms with van der Waals surface area (Å²) in [5, 5.41) is 3.52. The molecule has 0 saturated heterocycles. The first-order valence-electron chi connectivity index (χ1n) is 7.13. The molecule has 4 nitrogen and oxygen atoms in total. The Labute approximate surface area is 124 Å². The van der Waals surface area contributed by atoms with Gasteiger partial charge in [0.05, 0.1) is 12.6 Å². The van der Waals surface area contributed by atoms with Gasteiger partial charge in [0.2, 0.25) is 0 Å². The Kier molecular flexibility index (Phi) is 4.05. The van der Waals surface area contributed by atoms with Crippen molar-refractivity contribution in [1.82, 2.24) is 9.55 Å². The first-order chi connectivity index (χ1) is 10.3.